The van der Waals surface area contributed by atoms with Crippen LogP contribution in [0, 0.1) is 0 Å². The summed E-state index contributed by atoms with van der Waals surface area (Å²) in [5, 5.41) is 3.13. The van der Waals surface area contributed by atoms with Gasteiger partial charge in [-0.3, -0.25) is 0 Å². The van der Waals surface area contributed by atoms with Crippen LogP contribution in [0.25, 0.3) is 0 Å². The Labute approximate surface area is 124 Å². The number of ether oxygens (including phenoxy) is 1. The smallest absolute Gasteiger partial charge is 0.230 e. The molecule has 0 bridgehead atoms. The number of pyridine rings is 1. The van der Waals surface area contributed by atoms with Crippen molar-refractivity contribution in [2.75, 3.05) is 30.4 Å². The Bertz CT molecular complexity index is 581. The number of aromatic nitrogens is 3. The zero-order chi connectivity index (χ0) is 14.5. The van der Waals surface area contributed by atoms with Crippen molar-refractivity contribution in [3.05, 3.63) is 30.6 Å². The van der Waals surface area contributed by atoms with Crippen LogP contribution in [-0.2, 0) is 0 Å². The van der Waals surface area contributed by atoms with Gasteiger partial charge in [0, 0.05) is 25.4 Å². The zero-order valence-corrected chi connectivity index (χ0v) is 12.1. The Morgan fingerprint density at radius 1 is 1.10 bits per heavy atom. The number of piperidine rings is 1. The Morgan fingerprint density at radius 2 is 1.95 bits per heavy atom. The summed E-state index contributed by atoms with van der Waals surface area (Å²) >= 11 is 0. The lowest BCUT2D eigenvalue weighted by molar-refractivity contribution is 0.397. The minimum absolute atomic E-state index is 0.502. The summed E-state index contributed by atoms with van der Waals surface area (Å²) in [7, 11) is 1.58. The van der Waals surface area contributed by atoms with Crippen LogP contribution in [0.1, 0.15) is 19.3 Å². The zero-order valence-electron chi connectivity index (χ0n) is 12.1. The summed E-state index contributed by atoms with van der Waals surface area (Å²) in [4.78, 5) is 15.2. The van der Waals surface area contributed by atoms with Crippen LogP contribution < -0.4 is 15.0 Å². The van der Waals surface area contributed by atoms with Crippen LogP contribution in [0.4, 0.5) is 17.5 Å². The minimum Gasteiger partial charge on any atom is -0.481 e. The van der Waals surface area contributed by atoms with E-state index in [9.17, 15) is 0 Å². The van der Waals surface area contributed by atoms with Crippen molar-refractivity contribution >= 4 is 17.5 Å². The van der Waals surface area contributed by atoms with E-state index in [0.717, 1.165) is 24.6 Å². The number of methoxy groups -OCH3 is 1. The van der Waals surface area contributed by atoms with Gasteiger partial charge >= 0.3 is 0 Å². The van der Waals surface area contributed by atoms with Gasteiger partial charge in [-0.2, -0.15) is 4.98 Å². The molecule has 1 fully saturated rings. The molecular weight excluding hydrogens is 266 g/mol. The highest BCUT2D eigenvalue weighted by Gasteiger charge is 2.11. The summed E-state index contributed by atoms with van der Waals surface area (Å²) in [5.74, 6) is 2.07. The summed E-state index contributed by atoms with van der Waals surface area (Å²) in [5.41, 5.74) is 0.865. The third-order valence-electron chi connectivity index (χ3n) is 3.52. The Morgan fingerprint density at radius 3 is 2.67 bits per heavy atom. The minimum atomic E-state index is 0.502. The largest absolute Gasteiger partial charge is 0.481 e. The first-order valence-electron chi connectivity index (χ1n) is 7.20. The van der Waals surface area contributed by atoms with E-state index in [-0.39, 0.29) is 0 Å². The third-order valence-corrected chi connectivity index (χ3v) is 3.52. The molecule has 2 aromatic heterocycles. The number of hydrogen-bond donors (Lipinski definition) is 1. The van der Waals surface area contributed by atoms with E-state index in [4.69, 9.17) is 4.74 Å². The van der Waals surface area contributed by atoms with Crippen LogP contribution in [0.3, 0.4) is 0 Å². The molecule has 0 aromatic carbocycles. The second-order valence-electron chi connectivity index (χ2n) is 5.00. The van der Waals surface area contributed by atoms with Crippen LogP contribution in [0.2, 0.25) is 0 Å². The number of nitrogens with zero attached hydrogens (tertiary/aromatic N) is 4. The van der Waals surface area contributed by atoms with Gasteiger partial charge in [0.1, 0.15) is 5.82 Å². The molecule has 1 aliphatic rings. The fourth-order valence-electron chi connectivity index (χ4n) is 2.42. The van der Waals surface area contributed by atoms with Gasteiger partial charge in [-0.1, -0.05) is 0 Å². The molecule has 0 amide bonds. The van der Waals surface area contributed by atoms with Gasteiger partial charge in [0.15, 0.2) is 0 Å². The first kappa shape index (κ1) is 13.6. The van der Waals surface area contributed by atoms with Gasteiger partial charge in [0.05, 0.1) is 19.0 Å². The second kappa shape index (κ2) is 6.39. The second-order valence-corrected chi connectivity index (χ2v) is 5.00. The quantitative estimate of drug-likeness (QED) is 0.931. The highest BCUT2D eigenvalue weighted by atomic mass is 16.5. The Hall–Kier alpha value is -2.37. The molecule has 0 spiro atoms. The number of rotatable bonds is 4. The third kappa shape index (κ3) is 3.39. The normalized spacial score (nSPS) is 14.8. The maximum absolute atomic E-state index is 5.08. The first-order valence-corrected chi connectivity index (χ1v) is 7.20. The van der Waals surface area contributed by atoms with E-state index in [1.807, 2.05) is 18.3 Å². The van der Waals surface area contributed by atoms with Crippen LogP contribution >= 0.6 is 0 Å². The molecule has 3 heterocycles. The van der Waals surface area contributed by atoms with Gasteiger partial charge in [-0.05, 0) is 31.4 Å². The molecule has 0 unspecified atom stereocenters. The average Bonchev–Trinajstić information content (AvgIpc) is 2.56. The average molecular weight is 285 g/mol. The van der Waals surface area contributed by atoms with Gasteiger partial charge in [-0.15, -0.1) is 0 Å². The molecule has 0 atom stereocenters. The fourth-order valence-corrected chi connectivity index (χ4v) is 2.42. The van der Waals surface area contributed by atoms with E-state index in [1.165, 1.54) is 19.3 Å². The summed E-state index contributed by atoms with van der Waals surface area (Å²) in [6.07, 6.45) is 7.29. The predicted molar refractivity (Wildman–Crippen MR) is 82.2 cm³/mol. The van der Waals surface area contributed by atoms with Crippen LogP contribution in [0.15, 0.2) is 30.6 Å². The molecule has 1 saturated heterocycles. The van der Waals surface area contributed by atoms with E-state index < -0.39 is 0 Å². The van der Waals surface area contributed by atoms with Gasteiger partial charge in [0.2, 0.25) is 11.8 Å². The Balaban J connectivity index is 1.68. The molecule has 3 rings (SSSR count). The highest BCUT2D eigenvalue weighted by molar-refractivity contribution is 5.55. The molecule has 6 heteroatoms. The lowest BCUT2D eigenvalue weighted by atomic mass is 10.1. The maximum Gasteiger partial charge on any atom is 0.230 e. The molecule has 0 saturated carbocycles. The van der Waals surface area contributed by atoms with Crippen LogP contribution in [-0.4, -0.2) is 35.2 Å². The summed E-state index contributed by atoms with van der Waals surface area (Å²) in [6, 6.07) is 5.75. The molecule has 110 valence electrons. The van der Waals surface area contributed by atoms with Crippen molar-refractivity contribution in [2.45, 2.75) is 19.3 Å². The molecule has 1 aliphatic heterocycles. The van der Waals surface area contributed by atoms with Gasteiger partial charge < -0.3 is 15.0 Å². The van der Waals surface area contributed by atoms with Crippen molar-refractivity contribution in [1.29, 1.82) is 0 Å². The standard InChI is InChI=1S/C15H19N5O/c1-21-14-7-8-16-15(19-14)18-12-5-6-13(17-11-12)20-9-3-2-4-10-20/h5-8,11H,2-4,9-10H2,1H3,(H,16,18,19). The van der Waals surface area contributed by atoms with E-state index in [2.05, 4.69) is 25.2 Å². The monoisotopic (exact) mass is 285 g/mol. The van der Waals surface area contributed by atoms with Crippen molar-refractivity contribution < 1.29 is 4.74 Å². The molecule has 0 radical (unpaired) electrons. The first-order chi connectivity index (χ1) is 10.3. The summed E-state index contributed by atoms with van der Waals surface area (Å²) in [6.45, 7) is 2.19. The summed E-state index contributed by atoms with van der Waals surface area (Å²) < 4.78 is 5.08. The van der Waals surface area contributed by atoms with Gasteiger partial charge in [-0.25, -0.2) is 9.97 Å². The van der Waals surface area contributed by atoms with Crippen LogP contribution in [0.5, 0.6) is 5.88 Å². The fraction of sp³-hybridized carbons (Fsp3) is 0.400. The van der Waals surface area contributed by atoms with E-state index in [0.29, 0.717) is 11.8 Å². The Kier molecular flexibility index (Phi) is 4.14. The number of anilines is 3. The van der Waals surface area contributed by atoms with Crippen molar-refractivity contribution in [3.63, 3.8) is 0 Å². The molecule has 2 aromatic rings. The molecular formula is C15H19N5O. The molecule has 21 heavy (non-hydrogen) atoms. The van der Waals surface area contributed by atoms with E-state index >= 15 is 0 Å². The maximum atomic E-state index is 5.08. The number of hydrogen-bond acceptors (Lipinski definition) is 6. The number of nitrogens with one attached hydrogen (secondary N) is 1. The highest BCUT2D eigenvalue weighted by Crippen LogP contribution is 2.20. The topological polar surface area (TPSA) is 63.2 Å². The lowest BCUT2D eigenvalue weighted by Gasteiger charge is -2.27. The molecule has 1 N–H and O–H groups in total. The van der Waals surface area contributed by atoms with Gasteiger partial charge in [0.25, 0.3) is 0 Å². The van der Waals surface area contributed by atoms with E-state index in [1.54, 1.807) is 19.4 Å². The predicted octanol–water partition coefficient (Wildman–Crippen LogP) is 2.61. The van der Waals surface area contributed by atoms with Crippen molar-refractivity contribution in [2.24, 2.45) is 0 Å². The lowest BCUT2D eigenvalue weighted by Crippen LogP contribution is -2.29. The van der Waals surface area contributed by atoms with Crippen molar-refractivity contribution in [1.82, 2.24) is 15.0 Å². The molecule has 0 aliphatic carbocycles. The SMILES string of the molecule is COc1ccnc(Nc2ccc(N3CCCCC3)nc2)n1. The molecule has 6 nitrogen and oxygen atoms in total. The van der Waals surface area contributed by atoms with Crippen molar-refractivity contribution in [3.8, 4) is 5.88 Å².